The van der Waals surface area contributed by atoms with Crippen molar-refractivity contribution in [2.24, 2.45) is 0 Å². The number of nitrogens with one attached hydrogen (secondary N) is 1. The molecule has 15 heavy (non-hydrogen) atoms. The highest BCUT2D eigenvalue weighted by atomic mass is 32.1. The minimum Gasteiger partial charge on any atom is -0.320 e. The Labute approximate surface area is 94.3 Å². The molecule has 0 spiro atoms. The maximum Gasteiger partial charge on any atom is 0.0939 e. The van der Waals surface area contributed by atoms with E-state index in [2.05, 4.69) is 35.4 Å². The topological polar surface area (TPSA) is 24.9 Å². The second-order valence-corrected chi connectivity index (χ2v) is 4.85. The zero-order valence-corrected chi connectivity index (χ0v) is 10.0. The predicted molar refractivity (Wildman–Crippen MR) is 66.6 cm³/mol. The van der Waals surface area contributed by atoms with Crippen LogP contribution >= 0.6 is 11.3 Å². The van der Waals surface area contributed by atoms with Crippen molar-refractivity contribution < 1.29 is 0 Å². The number of hydrogen-bond donors (Lipinski definition) is 1. The van der Waals surface area contributed by atoms with Crippen LogP contribution in [0.4, 0.5) is 0 Å². The van der Waals surface area contributed by atoms with Crippen LogP contribution < -0.4 is 5.32 Å². The molecule has 2 rings (SSSR count). The molecule has 3 heteroatoms. The molecule has 0 atom stereocenters. The molecular weight excluding hydrogens is 204 g/mol. The first-order valence-electron chi connectivity index (χ1n) is 5.31. The van der Waals surface area contributed by atoms with E-state index in [-0.39, 0.29) is 0 Å². The quantitative estimate of drug-likeness (QED) is 0.801. The first-order valence-corrected chi connectivity index (χ1v) is 6.12. The van der Waals surface area contributed by atoms with E-state index in [1.807, 2.05) is 18.4 Å². The second-order valence-electron chi connectivity index (χ2n) is 3.74. The molecule has 0 fully saturated rings. The van der Waals surface area contributed by atoms with Gasteiger partial charge in [-0.15, -0.1) is 11.3 Å². The van der Waals surface area contributed by atoms with E-state index < -0.39 is 0 Å². The average molecular weight is 220 g/mol. The van der Waals surface area contributed by atoms with Crippen LogP contribution in [0.25, 0.3) is 10.2 Å². The molecule has 1 heterocycles. The molecule has 0 amide bonds. The van der Waals surface area contributed by atoms with Gasteiger partial charge in [-0.2, -0.15) is 0 Å². The van der Waals surface area contributed by atoms with Crippen LogP contribution in [0.1, 0.15) is 17.0 Å². The molecule has 0 bridgehead atoms. The molecule has 0 aliphatic rings. The van der Waals surface area contributed by atoms with Crippen molar-refractivity contribution in [1.82, 2.24) is 10.3 Å². The number of aromatic nitrogens is 1. The first-order chi connectivity index (χ1) is 7.31. The Morgan fingerprint density at radius 3 is 3.00 bits per heavy atom. The van der Waals surface area contributed by atoms with E-state index >= 15 is 0 Å². The van der Waals surface area contributed by atoms with Gasteiger partial charge in [0.25, 0.3) is 0 Å². The summed E-state index contributed by atoms with van der Waals surface area (Å²) in [5, 5.41) is 4.42. The summed E-state index contributed by atoms with van der Waals surface area (Å²) >= 11 is 1.82. The predicted octanol–water partition coefficient (Wildman–Crippen LogP) is 2.76. The van der Waals surface area contributed by atoms with Gasteiger partial charge in [0.2, 0.25) is 0 Å². The van der Waals surface area contributed by atoms with Gasteiger partial charge in [0.1, 0.15) is 0 Å². The van der Waals surface area contributed by atoms with Gasteiger partial charge in [-0.3, -0.25) is 0 Å². The summed E-state index contributed by atoms with van der Waals surface area (Å²) in [6.45, 7) is 3.19. The van der Waals surface area contributed by atoms with Gasteiger partial charge in [0.05, 0.1) is 15.2 Å². The van der Waals surface area contributed by atoms with Gasteiger partial charge in [-0.05, 0) is 38.6 Å². The van der Waals surface area contributed by atoms with Crippen LogP contribution in [-0.4, -0.2) is 18.6 Å². The zero-order valence-electron chi connectivity index (χ0n) is 9.21. The third kappa shape index (κ3) is 2.36. The standard InChI is InChI=1S/C12H16N2S/c1-9-5-3-6-10-12(9)14-11(15-10)7-4-8-13-2/h3,5-6,13H,4,7-8H2,1-2H3. The number of benzene rings is 1. The third-order valence-corrected chi connectivity index (χ3v) is 3.56. The van der Waals surface area contributed by atoms with Crippen LogP contribution in [0.3, 0.4) is 0 Å². The Balaban J connectivity index is 2.20. The van der Waals surface area contributed by atoms with Gasteiger partial charge >= 0.3 is 0 Å². The van der Waals surface area contributed by atoms with Crippen molar-refractivity contribution in [2.45, 2.75) is 19.8 Å². The monoisotopic (exact) mass is 220 g/mol. The lowest BCUT2D eigenvalue weighted by Crippen LogP contribution is -2.08. The number of fused-ring (bicyclic) bond motifs is 1. The Kier molecular flexibility index (Phi) is 3.34. The highest BCUT2D eigenvalue weighted by molar-refractivity contribution is 7.18. The maximum atomic E-state index is 4.67. The molecule has 0 aliphatic heterocycles. The lowest BCUT2D eigenvalue weighted by molar-refractivity contribution is 0.723. The molecule has 0 aliphatic carbocycles. The number of para-hydroxylation sites is 1. The van der Waals surface area contributed by atoms with E-state index in [1.54, 1.807) is 0 Å². The van der Waals surface area contributed by atoms with E-state index in [4.69, 9.17) is 0 Å². The Bertz CT molecular complexity index is 448. The molecule has 2 aromatic rings. The number of rotatable bonds is 4. The molecule has 1 aromatic carbocycles. The minimum absolute atomic E-state index is 1.06. The minimum atomic E-state index is 1.06. The van der Waals surface area contributed by atoms with Gasteiger partial charge in [0, 0.05) is 6.42 Å². The summed E-state index contributed by atoms with van der Waals surface area (Å²) in [6, 6.07) is 6.38. The normalized spacial score (nSPS) is 11.1. The molecule has 0 unspecified atom stereocenters. The fraction of sp³-hybridized carbons (Fsp3) is 0.417. The summed E-state index contributed by atoms with van der Waals surface area (Å²) in [7, 11) is 1.99. The van der Waals surface area contributed by atoms with E-state index in [0.29, 0.717) is 0 Å². The van der Waals surface area contributed by atoms with Crippen LogP contribution in [0, 0.1) is 6.92 Å². The zero-order chi connectivity index (χ0) is 10.7. The van der Waals surface area contributed by atoms with Crippen molar-refractivity contribution in [2.75, 3.05) is 13.6 Å². The summed E-state index contributed by atoms with van der Waals surface area (Å²) < 4.78 is 1.31. The van der Waals surface area contributed by atoms with E-state index in [1.165, 1.54) is 20.8 Å². The van der Waals surface area contributed by atoms with Crippen molar-refractivity contribution in [1.29, 1.82) is 0 Å². The van der Waals surface area contributed by atoms with E-state index in [0.717, 1.165) is 19.4 Å². The summed E-state index contributed by atoms with van der Waals surface area (Å²) in [6.07, 6.45) is 2.25. The van der Waals surface area contributed by atoms with Gasteiger partial charge in [0.15, 0.2) is 0 Å². The molecule has 80 valence electrons. The van der Waals surface area contributed by atoms with Gasteiger partial charge < -0.3 is 5.32 Å². The van der Waals surface area contributed by atoms with Crippen molar-refractivity contribution in [3.05, 3.63) is 28.8 Å². The summed E-state index contributed by atoms with van der Waals surface area (Å²) in [5.74, 6) is 0. The maximum absolute atomic E-state index is 4.67. The van der Waals surface area contributed by atoms with Crippen LogP contribution in [0.5, 0.6) is 0 Å². The number of hydrogen-bond acceptors (Lipinski definition) is 3. The molecule has 0 radical (unpaired) electrons. The lowest BCUT2D eigenvalue weighted by atomic mass is 10.2. The van der Waals surface area contributed by atoms with Crippen molar-refractivity contribution >= 4 is 21.6 Å². The Morgan fingerprint density at radius 1 is 1.40 bits per heavy atom. The summed E-state index contributed by atoms with van der Waals surface area (Å²) in [4.78, 5) is 4.67. The molecule has 0 saturated heterocycles. The highest BCUT2D eigenvalue weighted by Crippen LogP contribution is 2.25. The first kappa shape index (κ1) is 10.6. The lowest BCUT2D eigenvalue weighted by Gasteiger charge is -1.95. The van der Waals surface area contributed by atoms with Crippen molar-refractivity contribution in [3.8, 4) is 0 Å². The summed E-state index contributed by atoms with van der Waals surface area (Å²) in [5.41, 5.74) is 2.46. The fourth-order valence-corrected chi connectivity index (χ4v) is 2.74. The SMILES string of the molecule is CNCCCc1nc2c(C)cccc2s1. The van der Waals surface area contributed by atoms with Crippen LogP contribution in [0.15, 0.2) is 18.2 Å². The smallest absolute Gasteiger partial charge is 0.0939 e. The molecular formula is C12H16N2S. The van der Waals surface area contributed by atoms with Gasteiger partial charge in [-0.25, -0.2) is 4.98 Å². The van der Waals surface area contributed by atoms with Crippen molar-refractivity contribution in [3.63, 3.8) is 0 Å². The average Bonchev–Trinajstić information content (AvgIpc) is 2.63. The van der Waals surface area contributed by atoms with Gasteiger partial charge in [-0.1, -0.05) is 12.1 Å². The van der Waals surface area contributed by atoms with Crippen LogP contribution in [0.2, 0.25) is 0 Å². The van der Waals surface area contributed by atoms with E-state index in [9.17, 15) is 0 Å². The Morgan fingerprint density at radius 2 is 2.27 bits per heavy atom. The molecule has 0 saturated carbocycles. The van der Waals surface area contributed by atoms with Crippen LogP contribution in [-0.2, 0) is 6.42 Å². The second kappa shape index (κ2) is 4.73. The molecule has 2 nitrogen and oxygen atoms in total. The Hall–Kier alpha value is -0.930. The number of aryl methyl sites for hydroxylation is 2. The largest absolute Gasteiger partial charge is 0.320 e. The highest BCUT2D eigenvalue weighted by Gasteiger charge is 2.04. The molecule has 1 aromatic heterocycles. The fourth-order valence-electron chi connectivity index (χ4n) is 1.66. The number of nitrogens with zero attached hydrogens (tertiary/aromatic N) is 1. The third-order valence-electron chi connectivity index (χ3n) is 2.48. The molecule has 1 N–H and O–H groups in total. The number of thiazole rings is 1.